The van der Waals surface area contributed by atoms with Gasteiger partial charge in [0, 0.05) is 30.5 Å². The number of anilines is 2. The number of amides is 2. The maximum Gasteiger partial charge on any atom is 0.326 e. The van der Waals surface area contributed by atoms with Crippen molar-refractivity contribution in [3.05, 3.63) is 53.8 Å². The van der Waals surface area contributed by atoms with Crippen LogP contribution in [0.3, 0.4) is 0 Å². The zero-order valence-corrected chi connectivity index (χ0v) is 13.0. The number of halogens is 1. The Labute approximate surface area is 133 Å². The summed E-state index contributed by atoms with van der Waals surface area (Å²) in [5.41, 5.74) is 3.30. The molecule has 0 spiro atoms. The van der Waals surface area contributed by atoms with Gasteiger partial charge in [0.25, 0.3) is 0 Å². The van der Waals surface area contributed by atoms with Crippen molar-refractivity contribution in [2.75, 3.05) is 17.3 Å². The minimum atomic E-state index is -0.238. The van der Waals surface area contributed by atoms with Crippen molar-refractivity contribution in [1.29, 1.82) is 0 Å². The lowest BCUT2D eigenvalue weighted by molar-refractivity contribution is 0.258. The number of carbonyl (C=O) groups is 1. The minimum absolute atomic E-state index is 0.238. The second kappa shape index (κ2) is 5.69. The third kappa shape index (κ3) is 2.76. The molecule has 1 aromatic heterocycles. The normalized spacial score (nSPS) is 10.7. The van der Waals surface area contributed by atoms with Crippen LogP contribution in [0.4, 0.5) is 16.2 Å². The third-order valence-electron chi connectivity index (χ3n) is 3.48. The highest BCUT2D eigenvalue weighted by atomic mass is 35.5. The number of fused-ring (bicyclic) bond motifs is 1. The molecule has 0 aliphatic heterocycles. The summed E-state index contributed by atoms with van der Waals surface area (Å²) in [6.45, 7) is 0. The Balaban J connectivity index is 1.82. The number of aryl methyl sites for hydroxylation is 1. The van der Waals surface area contributed by atoms with Crippen LogP contribution < -0.4 is 10.2 Å². The second-order valence-electron chi connectivity index (χ2n) is 5.03. The molecule has 2 amide bonds. The summed E-state index contributed by atoms with van der Waals surface area (Å²) in [6.07, 6.45) is 1.75. The number of rotatable bonds is 2. The molecule has 0 bridgehead atoms. The summed E-state index contributed by atoms with van der Waals surface area (Å²) < 4.78 is 1.94. The maximum absolute atomic E-state index is 12.3. The van der Waals surface area contributed by atoms with Crippen LogP contribution in [0.25, 0.3) is 11.0 Å². The molecular formula is C16H15ClN4O. The Morgan fingerprint density at radius 3 is 2.86 bits per heavy atom. The molecule has 0 aliphatic rings. The molecule has 112 valence electrons. The van der Waals surface area contributed by atoms with E-state index in [1.165, 1.54) is 4.90 Å². The lowest BCUT2D eigenvalue weighted by Gasteiger charge is -2.18. The topological polar surface area (TPSA) is 50.2 Å². The van der Waals surface area contributed by atoms with Crippen molar-refractivity contribution < 1.29 is 4.79 Å². The van der Waals surface area contributed by atoms with E-state index < -0.39 is 0 Å². The Morgan fingerprint density at radius 2 is 2.09 bits per heavy atom. The fourth-order valence-corrected chi connectivity index (χ4v) is 2.41. The molecule has 6 heteroatoms. The van der Waals surface area contributed by atoms with Crippen LogP contribution in [0.1, 0.15) is 0 Å². The lowest BCUT2D eigenvalue weighted by Crippen LogP contribution is -2.31. The zero-order chi connectivity index (χ0) is 15.7. The highest BCUT2D eigenvalue weighted by Gasteiger charge is 2.12. The fourth-order valence-electron chi connectivity index (χ4n) is 2.22. The third-order valence-corrected chi connectivity index (χ3v) is 3.71. The summed E-state index contributed by atoms with van der Waals surface area (Å²) in [5.74, 6) is 0. The van der Waals surface area contributed by atoms with E-state index in [0.717, 1.165) is 16.7 Å². The van der Waals surface area contributed by atoms with Gasteiger partial charge in [-0.05, 0) is 36.4 Å². The average Bonchev–Trinajstić information content (AvgIpc) is 2.87. The van der Waals surface area contributed by atoms with Gasteiger partial charge in [-0.15, -0.1) is 0 Å². The standard InChI is InChI=1S/C16H15ClN4O/c1-20-10-18-14-9-13(6-7-15(14)20)21(2)16(22)19-12-5-3-4-11(17)8-12/h3-10H,1-2H3,(H,19,22). The van der Waals surface area contributed by atoms with Gasteiger partial charge >= 0.3 is 6.03 Å². The molecule has 3 aromatic rings. The molecule has 0 fully saturated rings. The molecule has 0 saturated heterocycles. The number of hydrogen-bond acceptors (Lipinski definition) is 2. The molecule has 3 rings (SSSR count). The predicted molar refractivity (Wildman–Crippen MR) is 89.6 cm³/mol. The van der Waals surface area contributed by atoms with Gasteiger partial charge < -0.3 is 9.88 Å². The van der Waals surface area contributed by atoms with E-state index in [1.807, 2.05) is 29.8 Å². The van der Waals surface area contributed by atoms with E-state index >= 15 is 0 Å². The number of imidazole rings is 1. The van der Waals surface area contributed by atoms with Gasteiger partial charge in [-0.1, -0.05) is 17.7 Å². The van der Waals surface area contributed by atoms with Gasteiger partial charge in [0.15, 0.2) is 0 Å². The van der Waals surface area contributed by atoms with Crippen LogP contribution in [0.15, 0.2) is 48.8 Å². The molecule has 0 aliphatic carbocycles. The fraction of sp³-hybridized carbons (Fsp3) is 0.125. The van der Waals surface area contributed by atoms with E-state index in [4.69, 9.17) is 11.6 Å². The van der Waals surface area contributed by atoms with Crippen molar-refractivity contribution in [3.8, 4) is 0 Å². The number of hydrogen-bond donors (Lipinski definition) is 1. The lowest BCUT2D eigenvalue weighted by atomic mass is 10.2. The van der Waals surface area contributed by atoms with Crippen LogP contribution in [0, 0.1) is 0 Å². The van der Waals surface area contributed by atoms with Gasteiger partial charge in [-0.2, -0.15) is 0 Å². The van der Waals surface area contributed by atoms with Crippen molar-refractivity contribution in [3.63, 3.8) is 0 Å². The van der Waals surface area contributed by atoms with E-state index in [2.05, 4.69) is 10.3 Å². The molecule has 1 N–H and O–H groups in total. The van der Waals surface area contributed by atoms with Gasteiger partial charge in [0.1, 0.15) is 0 Å². The molecule has 0 atom stereocenters. The van der Waals surface area contributed by atoms with Crippen LogP contribution in [-0.2, 0) is 7.05 Å². The number of nitrogens with one attached hydrogen (secondary N) is 1. The Morgan fingerprint density at radius 1 is 1.27 bits per heavy atom. The van der Waals surface area contributed by atoms with Gasteiger partial charge in [0.2, 0.25) is 0 Å². The van der Waals surface area contributed by atoms with Crippen molar-refractivity contribution in [2.24, 2.45) is 7.05 Å². The molecule has 22 heavy (non-hydrogen) atoms. The van der Waals surface area contributed by atoms with Gasteiger partial charge in [-0.3, -0.25) is 4.90 Å². The zero-order valence-electron chi connectivity index (χ0n) is 12.2. The van der Waals surface area contributed by atoms with Gasteiger partial charge in [0.05, 0.1) is 17.4 Å². The average molecular weight is 315 g/mol. The van der Waals surface area contributed by atoms with E-state index in [0.29, 0.717) is 10.7 Å². The first-order valence-electron chi connectivity index (χ1n) is 6.76. The molecule has 0 saturated carbocycles. The molecular weight excluding hydrogens is 300 g/mol. The Hall–Kier alpha value is -2.53. The summed E-state index contributed by atoms with van der Waals surface area (Å²) in [5, 5.41) is 3.39. The highest BCUT2D eigenvalue weighted by molar-refractivity contribution is 6.30. The SMILES string of the molecule is CN(C(=O)Nc1cccc(Cl)c1)c1ccc2c(c1)ncn2C. The number of aromatic nitrogens is 2. The number of benzene rings is 2. The largest absolute Gasteiger partial charge is 0.334 e. The first-order chi connectivity index (χ1) is 10.5. The maximum atomic E-state index is 12.3. The number of nitrogens with zero attached hydrogens (tertiary/aromatic N) is 3. The second-order valence-corrected chi connectivity index (χ2v) is 5.46. The summed E-state index contributed by atoms with van der Waals surface area (Å²) in [6, 6.07) is 12.5. The van der Waals surface area contributed by atoms with Crippen LogP contribution >= 0.6 is 11.6 Å². The molecule has 2 aromatic carbocycles. The predicted octanol–water partition coefficient (Wildman–Crippen LogP) is 3.90. The smallest absolute Gasteiger partial charge is 0.326 e. The van der Waals surface area contributed by atoms with Crippen molar-refractivity contribution in [2.45, 2.75) is 0 Å². The van der Waals surface area contributed by atoms with E-state index in [-0.39, 0.29) is 6.03 Å². The van der Waals surface area contributed by atoms with Gasteiger partial charge in [-0.25, -0.2) is 9.78 Å². The molecule has 0 radical (unpaired) electrons. The first kappa shape index (κ1) is 14.4. The monoisotopic (exact) mass is 314 g/mol. The first-order valence-corrected chi connectivity index (χ1v) is 7.14. The highest BCUT2D eigenvalue weighted by Crippen LogP contribution is 2.21. The van der Waals surface area contributed by atoms with E-state index in [1.54, 1.807) is 37.6 Å². The Kier molecular flexibility index (Phi) is 3.73. The number of urea groups is 1. The van der Waals surface area contributed by atoms with Crippen LogP contribution in [-0.4, -0.2) is 22.6 Å². The molecule has 0 unspecified atom stereocenters. The van der Waals surface area contributed by atoms with E-state index in [9.17, 15) is 4.79 Å². The van der Waals surface area contributed by atoms with Crippen molar-refractivity contribution in [1.82, 2.24) is 9.55 Å². The number of carbonyl (C=O) groups excluding carboxylic acids is 1. The molecule has 1 heterocycles. The quantitative estimate of drug-likeness (QED) is 0.780. The summed E-state index contributed by atoms with van der Waals surface area (Å²) in [4.78, 5) is 18.2. The summed E-state index contributed by atoms with van der Waals surface area (Å²) >= 11 is 5.92. The Bertz CT molecular complexity index is 843. The van der Waals surface area contributed by atoms with Crippen LogP contribution in [0.5, 0.6) is 0 Å². The van der Waals surface area contributed by atoms with Crippen molar-refractivity contribution >= 4 is 40.0 Å². The minimum Gasteiger partial charge on any atom is -0.334 e. The van der Waals surface area contributed by atoms with Crippen LogP contribution in [0.2, 0.25) is 5.02 Å². The summed E-state index contributed by atoms with van der Waals surface area (Å²) in [7, 11) is 3.65. The molecule has 5 nitrogen and oxygen atoms in total.